The summed E-state index contributed by atoms with van der Waals surface area (Å²) in [5, 5.41) is 0. The molecule has 3 aliphatic carbocycles. The van der Waals surface area contributed by atoms with E-state index in [-0.39, 0.29) is 5.78 Å². The van der Waals surface area contributed by atoms with Crippen LogP contribution in [0.1, 0.15) is 104 Å². The molecular weight excluding hydrogens is 496 g/mol. The number of carbonyl (C=O) groups is 1. The Morgan fingerprint density at radius 1 is 1.05 bits per heavy atom. The van der Waals surface area contributed by atoms with Crippen LogP contribution in [0.2, 0.25) is 0 Å². The first-order valence-electron chi connectivity index (χ1n) is 15.9. The van der Waals surface area contributed by atoms with Crippen LogP contribution in [0.25, 0.3) is 0 Å². The summed E-state index contributed by atoms with van der Waals surface area (Å²) in [6, 6.07) is 15.5. The van der Waals surface area contributed by atoms with Crippen molar-refractivity contribution in [2.75, 3.05) is 0 Å². The highest BCUT2D eigenvalue weighted by Crippen LogP contribution is 2.76. The molecule has 0 radical (unpaired) electrons. The summed E-state index contributed by atoms with van der Waals surface area (Å²) in [5.41, 5.74) is 14.7. The predicted molar refractivity (Wildman–Crippen MR) is 173 cm³/mol. The molecule has 0 saturated heterocycles. The van der Waals surface area contributed by atoms with Crippen molar-refractivity contribution >= 4 is 5.78 Å². The van der Waals surface area contributed by atoms with Crippen LogP contribution in [0.15, 0.2) is 95.3 Å². The van der Waals surface area contributed by atoms with E-state index in [1.807, 2.05) is 19.1 Å². The summed E-state index contributed by atoms with van der Waals surface area (Å²) in [6.45, 7) is 17.3. The van der Waals surface area contributed by atoms with E-state index in [0.29, 0.717) is 5.41 Å². The van der Waals surface area contributed by atoms with Gasteiger partial charge in [-0.05, 0) is 141 Å². The van der Waals surface area contributed by atoms with Crippen molar-refractivity contribution in [3.63, 3.8) is 0 Å². The maximum Gasteiger partial charge on any atom is 0.186 e. The van der Waals surface area contributed by atoms with E-state index in [4.69, 9.17) is 0 Å². The smallest absolute Gasteiger partial charge is 0.186 e. The van der Waals surface area contributed by atoms with Crippen LogP contribution in [0.5, 0.6) is 0 Å². The molecule has 3 aliphatic rings. The SMILES string of the molecule is C=C=C(CCCC1C(CC)C(c2ccccc2)C2CC12CC)C1=C(C)CC(C=CC(=O)c2cc(C)c(C)cc2C)=C1. The van der Waals surface area contributed by atoms with Crippen molar-refractivity contribution in [2.45, 2.75) is 92.4 Å². The Kier molecular flexibility index (Phi) is 8.58. The van der Waals surface area contributed by atoms with E-state index < -0.39 is 0 Å². The van der Waals surface area contributed by atoms with E-state index in [2.05, 4.69) is 89.4 Å². The fourth-order valence-electron chi connectivity index (χ4n) is 8.63. The first-order chi connectivity index (χ1) is 19.7. The molecule has 0 N–H and O–H groups in total. The Bertz CT molecular complexity index is 1460. The number of rotatable bonds is 11. The Hall–Kier alpha value is -3.15. The summed E-state index contributed by atoms with van der Waals surface area (Å²) in [6.07, 6.45) is 14.4. The van der Waals surface area contributed by atoms with Crippen LogP contribution in [-0.4, -0.2) is 5.78 Å². The molecule has 1 heteroatoms. The zero-order chi connectivity index (χ0) is 29.3. The van der Waals surface area contributed by atoms with Crippen LogP contribution < -0.4 is 0 Å². The molecule has 5 unspecified atom stereocenters. The molecular formula is C40H48O. The van der Waals surface area contributed by atoms with Gasteiger partial charge in [0.05, 0.1) is 0 Å². The number of carbonyl (C=O) groups excluding carboxylic acids is 1. The summed E-state index contributed by atoms with van der Waals surface area (Å²) in [5.74, 6) is 3.27. The number of allylic oxidation sites excluding steroid dienone is 7. The number of hydrogen-bond donors (Lipinski definition) is 0. The number of hydrogen-bond acceptors (Lipinski definition) is 1. The lowest BCUT2D eigenvalue weighted by molar-refractivity contribution is 0.104. The Labute approximate surface area is 248 Å². The van der Waals surface area contributed by atoms with Gasteiger partial charge in [-0.3, -0.25) is 4.79 Å². The molecule has 41 heavy (non-hydrogen) atoms. The molecule has 0 aliphatic heterocycles. The van der Waals surface area contributed by atoms with Crippen LogP contribution in [-0.2, 0) is 0 Å². The standard InChI is InChI=1S/C40H48O/c1-8-31(34-24-30(22-29(34)7)19-20-38(41)35-23-27(5)26(4)21-28(35)6)17-14-18-36-33(9-2)39(32-15-12-11-13-16-32)37-25-40(36,37)10-3/h11-13,15-16,19-21,23-24,33,36-37,39H,1,9-10,14,17-18,22,25H2,2-7H3. The summed E-state index contributed by atoms with van der Waals surface area (Å²) < 4.78 is 0. The van der Waals surface area contributed by atoms with Crippen molar-refractivity contribution in [1.82, 2.24) is 0 Å². The minimum Gasteiger partial charge on any atom is -0.289 e. The highest BCUT2D eigenvalue weighted by Gasteiger charge is 2.68. The average molecular weight is 545 g/mol. The molecule has 0 bridgehead atoms. The van der Waals surface area contributed by atoms with Crippen molar-refractivity contribution in [2.24, 2.45) is 23.2 Å². The second kappa shape index (κ2) is 12.0. The molecule has 0 aromatic heterocycles. The van der Waals surface area contributed by atoms with Gasteiger partial charge in [-0.15, -0.1) is 5.73 Å². The van der Waals surface area contributed by atoms with E-state index in [0.717, 1.165) is 53.2 Å². The van der Waals surface area contributed by atoms with Gasteiger partial charge in [0.25, 0.3) is 0 Å². The second-order valence-corrected chi connectivity index (χ2v) is 13.1. The molecule has 1 nitrogen and oxygen atoms in total. The highest BCUT2D eigenvalue weighted by atomic mass is 16.1. The Balaban J connectivity index is 1.24. The summed E-state index contributed by atoms with van der Waals surface area (Å²) in [4.78, 5) is 13.0. The maximum atomic E-state index is 13.0. The molecule has 0 amide bonds. The molecule has 2 aromatic carbocycles. The van der Waals surface area contributed by atoms with Gasteiger partial charge in [0, 0.05) is 11.1 Å². The van der Waals surface area contributed by atoms with Gasteiger partial charge < -0.3 is 0 Å². The quantitative estimate of drug-likeness (QED) is 0.156. The third-order valence-electron chi connectivity index (χ3n) is 10.9. The van der Waals surface area contributed by atoms with Crippen LogP contribution >= 0.6 is 0 Å². The van der Waals surface area contributed by atoms with E-state index in [9.17, 15) is 4.79 Å². The number of ketones is 1. The zero-order valence-corrected chi connectivity index (χ0v) is 26.1. The van der Waals surface area contributed by atoms with Gasteiger partial charge in [0.2, 0.25) is 0 Å². The van der Waals surface area contributed by atoms with Crippen molar-refractivity contribution < 1.29 is 4.79 Å². The largest absolute Gasteiger partial charge is 0.289 e. The van der Waals surface area contributed by atoms with Gasteiger partial charge in [-0.1, -0.05) is 81.0 Å². The molecule has 5 rings (SSSR count). The second-order valence-electron chi connectivity index (χ2n) is 13.1. The Morgan fingerprint density at radius 2 is 1.78 bits per heavy atom. The van der Waals surface area contributed by atoms with Gasteiger partial charge >= 0.3 is 0 Å². The molecule has 2 saturated carbocycles. The molecule has 214 valence electrons. The predicted octanol–water partition coefficient (Wildman–Crippen LogP) is 10.7. The van der Waals surface area contributed by atoms with Crippen LogP contribution in [0.3, 0.4) is 0 Å². The lowest BCUT2D eigenvalue weighted by Crippen LogP contribution is -2.22. The minimum absolute atomic E-state index is 0.0798. The third kappa shape index (κ3) is 5.54. The van der Waals surface area contributed by atoms with Crippen LogP contribution in [0, 0.1) is 43.9 Å². The monoisotopic (exact) mass is 544 g/mol. The van der Waals surface area contributed by atoms with Crippen LogP contribution in [0.4, 0.5) is 0 Å². The molecule has 2 fully saturated rings. The van der Waals surface area contributed by atoms with E-state index in [1.54, 1.807) is 11.6 Å². The van der Waals surface area contributed by atoms with E-state index >= 15 is 0 Å². The van der Waals surface area contributed by atoms with Crippen molar-refractivity contribution in [1.29, 1.82) is 0 Å². The number of benzene rings is 2. The lowest BCUT2D eigenvalue weighted by atomic mass is 9.73. The summed E-state index contributed by atoms with van der Waals surface area (Å²) in [7, 11) is 0. The molecule has 0 spiro atoms. The van der Waals surface area contributed by atoms with Gasteiger partial charge in [0.1, 0.15) is 0 Å². The maximum absolute atomic E-state index is 13.0. The minimum atomic E-state index is 0.0798. The first-order valence-corrected chi connectivity index (χ1v) is 15.9. The zero-order valence-electron chi connectivity index (χ0n) is 26.1. The first kappa shape index (κ1) is 29.3. The fourth-order valence-corrected chi connectivity index (χ4v) is 8.63. The molecule has 5 atom stereocenters. The lowest BCUT2D eigenvalue weighted by Gasteiger charge is -2.31. The number of fused-ring (bicyclic) bond motifs is 1. The molecule has 0 heterocycles. The summed E-state index contributed by atoms with van der Waals surface area (Å²) >= 11 is 0. The average Bonchev–Trinajstić information content (AvgIpc) is 3.49. The van der Waals surface area contributed by atoms with Gasteiger partial charge in [-0.25, -0.2) is 0 Å². The van der Waals surface area contributed by atoms with E-state index in [1.165, 1.54) is 60.0 Å². The Morgan fingerprint density at radius 3 is 2.46 bits per heavy atom. The van der Waals surface area contributed by atoms with Gasteiger partial charge in [0.15, 0.2) is 5.78 Å². The van der Waals surface area contributed by atoms with Gasteiger partial charge in [-0.2, -0.15) is 0 Å². The fraction of sp³-hybridized carbons (Fsp3) is 0.450. The molecule has 2 aromatic rings. The highest BCUT2D eigenvalue weighted by molar-refractivity contribution is 6.06. The van der Waals surface area contributed by atoms with Crippen molar-refractivity contribution in [3.8, 4) is 0 Å². The van der Waals surface area contributed by atoms with Crippen molar-refractivity contribution in [3.05, 3.63) is 123 Å². The topological polar surface area (TPSA) is 17.1 Å². The normalized spacial score (nSPS) is 26.7. The third-order valence-corrected chi connectivity index (χ3v) is 10.9. The number of aryl methyl sites for hydroxylation is 3.